The molecule has 0 unspecified atom stereocenters. The fourth-order valence-electron chi connectivity index (χ4n) is 2.47. The molecule has 0 radical (unpaired) electrons. The Balaban J connectivity index is 1.70. The van der Waals surface area contributed by atoms with Crippen LogP contribution in [0, 0.1) is 0 Å². The summed E-state index contributed by atoms with van der Waals surface area (Å²) in [4.78, 5) is 21.4. The lowest BCUT2D eigenvalue weighted by Crippen LogP contribution is -1.99. The molecule has 0 aliphatic rings. The van der Waals surface area contributed by atoms with Gasteiger partial charge >= 0.3 is 0 Å². The van der Waals surface area contributed by atoms with Gasteiger partial charge in [-0.2, -0.15) is 0 Å². The summed E-state index contributed by atoms with van der Waals surface area (Å²) in [5, 5.41) is 12.0. The van der Waals surface area contributed by atoms with E-state index in [0.29, 0.717) is 11.5 Å². The Morgan fingerprint density at radius 1 is 1.07 bits per heavy atom. The van der Waals surface area contributed by atoms with E-state index in [0.717, 1.165) is 29.1 Å². The number of carbonyl (C=O) groups excluding carboxylic acids is 1. The smallest absolute Gasteiger partial charge is 0.227 e. The fraction of sp³-hybridized carbons (Fsp3) is 0.190. The molecule has 27 heavy (non-hydrogen) atoms. The molecule has 2 aromatic carbocycles. The number of aromatic nitrogens is 2. The molecule has 0 bridgehead atoms. The second-order valence-corrected chi connectivity index (χ2v) is 7.14. The highest BCUT2D eigenvalue weighted by molar-refractivity contribution is 7.99. The number of ketones is 1. The summed E-state index contributed by atoms with van der Waals surface area (Å²) in [6.45, 7) is 1.77. The maximum Gasteiger partial charge on any atom is 0.227 e. The van der Waals surface area contributed by atoms with E-state index in [1.54, 1.807) is 37.0 Å². The minimum Gasteiger partial charge on any atom is -0.396 e. The van der Waals surface area contributed by atoms with Crippen LogP contribution in [0.5, 0.6) is 0 Å². The number of aliphatic hydroxyl groups is 1. The highest BCUT2D eigenvalue weighted by atomic mass is 32.2. The lowest BCUT2D eigenvalue weighted by molar-refractivity contribution is 0.101. The van der Waals surface area contributed by atoms with E-state index < -0.39 is 0 Å². The van der Waals surface area contributed by atoms with E-state index in [2.05, 4.69) is 27.4 Å². The van der Waals surface area contributed by atoms with Gasteiger partial charge in [-0.1, -0.05) is 12.1 Å². The second kappa shape index (κ2) is 9.30. The van der Waals surface area contributed by atoms with E-state index in [1.165, 1.54) is 4.90 Å². The normalized spacial score (nSPS) is 10.6. The summed E-state index contributed by atoms with van der Waals surface area (Å²) in [7, 11) is 0. The Morgan fingerprint density at radius 2 is 1.81 bits per heavy atom. The van der Waals surface area contributed by atoms with Gasteiger partial charge in [-0.15, -0.1) is 11.8 Å². The topological polar surface area (TPSA) is 75.1 Å². The van der Waals surface area contributed by atoms with Crippen molar-refractivity contribution in [1.29, 1.82) is 0 Å². The fourth-order valence-corrected chi connectivity index (χ4v) is 3.31. The predicted molar refractivity (Wildman–Crippen MR) is 110 cm³/mol. The first-order chi connectivity index (χ1) is 13.2. The van der Waals surface area contributed by atoms with Crippen molar-refractivity contribution in [2.45, 2.75) is 18.2 Å². The summed E-state index contributed by atoms with van der Waals surface area (Å²) >= 11 is 1.73. The van der Waals surface area contributed by atoms with Gasteiger partial charge in [-0.3, -0.25) is 4.79 Å². The number of rotatable bonds is 8. The number of nitrogens with one attached hydrogen (secondary N) is 1. The van der Waals surface area contributed by atoms with E-state index in [1.807, 2.05) is 30.3 Å². The average Bonchev–Trinajstić information content (AvgIpc) is 2.69. The zero-order valence-corrected chi connectivity index (χ0v) is 15.9. The monoisotopic (exact) mass is 379 g/mol. The lowest BCUT2D eigenvalue weighted by atomic mass is 10.1. The van der Waals surface area contributed by atoms with Crippen LogP contribution in [0.15, 0.2) is 65.7 Å². The minimum atomic E-state index is 0.0396. The highest BCUT2D eigenvalue weighted by Gasteiger charge is 2.05. The van der Waals surface area contributed by atoms with Crippen molar-refractivity contribution in [2.24, 2.45) is 0 Å². The van der Waals surface area contributed by atoms with Crippen LogP contribution in [0.2, 0.25) is 0 Å². The molecule has 3 aromatic rings. The van der Waals surface area contributed by atoms with Gasteiger partial charge in [0.1, 0.15) is 0 Å². The van der Waals surface area contributed by atoms with Gasteiger partial charge in [0.15, 0.2) is 5.78 Å². The number of hydrogen-bond acceptors (Lipinski definition) is 6. The molecule has 0 spiro atoms. The lowest BCUT2D eigenvalue weighted by Gasteiger charge is -2.08. The quantitative estimate of drug-likeness (QED) is 0.339. The van der Waals surface area contributed by atoms with Crippen molar-refractivity contribution in [1.82, 2.24) is 9.97 Å². The van der Waals surface area contributed by atoms with Gasteiger partial charge in [-0.05, 0) is 55.8 Å². The molecule has 6 heteroatoms. The van der Waals surface area contributed by atoms with E-state index >= 15 is 0 Å². The summed E-state index contributed by atoms with van der Waals surface area (Å²) in [6.07, 6.45) is 2.51. The molecule has 1 heterocycles. The van der Waals surface area contributed by atoms with Crippen LogP contribution in [0.1, 0.15) is 23.7 Å². The molecule has 0 aliphatic carbocycles. The zero-order chi connectivity index (χ0) is 19.1. The number of Topliss-reactive ketones (excluding diaryl/α,β-unsaturated/α-hetero) is 1. The molecule has 0 atom stereocenters. The Hall–Kier alpha value is -2.70. The molecule has 0 saturated heterocycles. The second-order valence-electron chi connectivity index (χ2n) is 5.97. The van der Waals surface area contributed by atoms with Gasteiger partial charge in [0.05, 0.1) is 5.69 Å². The standard InChI is InChI=1S/C21H21N3O2S/c1-15(26)16-3-7-18(8-4-16)23-21-22-12-11-20(24-21)17-5-9-19(10-6-17)27-14-2-13-25/h3-12,25H,2,13-14H2,1H3,(H,22,23,24). The molecule has 1 aromatic heterocycles. The van der Waals surface area contributed by atoms with E-state index in [9.17, 15) is 4.79 Å². The molecule has 0 amide bonds. The molecular weight excluding hydrogens is 358 g/mol. The first-order valence-electron chi connectivity index (χ1n) is 8.71. The molecule has 0 aliphatic heterocycles. The Morgan fingerprint density at radius 3 is 2.48 bits per heavy atom. The zero-order valence-electron chi connectivity index (χ0n) is 15.1. The van der Waals surface area contributed by atoms with Crippen LogP contribution in [0.25, 0.3) is 11.3 Å². The van der Waals surface area contributed by atoms with Gasteiger partial charge in [0, 0.05) is 40.3 Å². The number of hydrogen-bond donors (Lipinski definition) is 2. The number of anilines is 2. The number of thioether (sulfide) groups is 1. The van der Waals surface area contributed by atoms with Crippen molar-refractivity contribution in [3.8, 4) is 11.3 Å². The maximum absolute atomic E-state index is 11.4. The summed E-state index contributed by atoms with van der Waals surface area (Å²) in [5.41, 5.74) is 3.35. The molecular formula is C21H21N3O2S. The largest absolute Gasteiger partial charge is 0.396 e. The third kappa shape index (κ3) is 5.39. The molecule has 5 nitrogen and oxygen atoms in total. The Bertz CT molecular complexity index is 896. The molecule has 0 saturated carbocycles. The van der Waals surface area contributed by atoms with Crippen molar-refractivity contribution in [2.75, 3.05) is 17.7 Å². The van der Waals surface area contributed by atoms with Crippen molar-refractivity contribution in [3.05, 3.63) is 66.4 Å². The maximum atomic E-state index is 11.4. The molecule has 2 N–H and O–H groups in total. The van der Waals surface area contributed by atoms with Gasteiger partial charge < -0.3 is 10.4 Å². The van der Waals surface area contributed by atoms with Crippen LogP contribution in [-0.2, 0) is 0 Å². The number of aliphatic hydroxyl groups excluding tert-OH is 1. The van der Waals surface area contributed by atoms with E-state index in [-0.39, 0.29) is 12.4 Å². The highest BCUT2D eigenvalue weighted by Crippen LogP contribution is 2.24. The number of carbonyl (C=O) groups is 1. The molecule has 138 valence electrons. The van der Waals surface area contributed by atoms with Crippen LogP contribution < -0.4 is 5.32 Å². The van der Waals surface area contributed by atoms with Crippen LogP contribution >= 0.6 is 11.8 Å². The third-order valence-electron chi connectivity index (χ3n) is 3.92. The van der Waals surface area contributed by atoms with Gasteiger partial charge in [-0.25, -0.2) is 9.97 Å². The van der Waals surface area contributed by atoms with Gasteiger partial charge in [0.2, 0.25) is 5.95 Å². The Labute approximate surface area is 162 Å². The van der Waals surface area contributed by atoms with Crippen molar-refractivity contribution >= 4 is 29.2 Å². The number of benzene rings is 2. The summed E-state index contributed by atoms with van der Waals surface area (Å²) < 4.78 is 0. The predicted octanol–water partition coefficient (Wildman–Crippen LogP) is 4.56. The summed E-state index contributed by atoms with van der Waals surface area (Å²) in [6, 6.07) is 17.3. The van der Waals surface area contributed by atoms with Crippen LogP contribution in [0.4, 0.5) is 11.6 Å². The first-order valence-corrected chi connectivity index (χ1v) is 9.69. The van der Waals surface area contributed by atoms with Crippen LogP contribution in [-0.4, -0.2) is 33.2 Å². The van der Waals surface area contributed by atoms with Crippen molar-refractivity contribution < 1.29 is 9.90 Å². The Kier molecular flexibility index (Phi) is 6.57. The SMILES string of the molecule is CC(=O)c1ccc(Nc2nccc(-c3ccc(SCCCO)cc3)n2)cc1. The van der Waals surface area contributed by atoms with Crippen molar-refractivity contribution in [3.63, 3.8) is 0 Å². The van der Waals surface area contributed by atoms with Gasteiger partial charge in [0.25, 0.3) is 0 Å². The van der Waals surface area contributed by atoms with E-state index in [4.69, 9.17) is 5.11 Å². The molecule has 3 rings (SSSR count). The third-order valence-corrected chi connectivity index (χ3v) is 5.02. The average molecular weight is 379 g/mol. The molecule has 0 fully saturated rings. The first kappa shape index (κ1) is 19.1. The summed E-state index contributed by atoms with van der Waals surface area (Å²) in [5.74, 6) is 1.45. The minimum absolute atomic E-state index is 0.0396. The van der Waals surface area contributed by atoms with Crippen LogP contribution in [0.3, 0.4) is 0 Å². The number of nitrogens with zero attached hydrogens (tertiary/aromatic N) is 2.